The second kappa shape index (κ2) is 12.1. The van der Waals surface area contributed by atoms with E-state index in [4.69, 9.17) is 21.1 Å². The minimum Gasteiger partial charge on any atom is -0.507 e. The fourth-order valence-electron chi connectivity index (χ4n) is 4.07. The summed E-state index contributed by atoms with van der Waals surface area (Å²) in [4.78, 5) is 29.9. The van der Waals surface area contributed by atoms with Gasteiger partial charge in [0.15, 0.2) is 11.5 Å². The van der Waals surface area contributed by atoms with E-state index >= 15 is 0 Å². The molecule has 1 saturated heterocycles. The number of benzene rings is 2. The number of ether oxygens (including phenoxy) is 2. The first-order chi connectivity index (χ1) is 16.8. The fraction of sp³-hybridized carbons (Fsp3) is 0.407. The Morgan fingerprint density at radius 1 is 1.06 bits per heavy atom. The number of hydrogen-bond acceptors (Lipinski definition) is 6. The van der Waals surface area contributed by atoms with Crippen LogP contribution in [0, 0.1) is 0 Å². The summed E-state index contributed by atoms with van der Waals surface area (Å²) in [6, 6.07) is 11.2. The monoisotopic (exact) mass is 500 g/mol. The van der Waals surface area contributed by atoms with Crippen LogP contribution < -0.4 is 9.47 Å². The first-order valence-corrected chi connectivity index (χ1v) is 12.2. The van der Waals surface area contributed by atoms with Crippen LogP contribution in [0.3, 0.4) is 0 Å². The van der Waals surface area contributed by atoms with Gasteiger partial charge in [0.1, 0.15) is 5.76 Å². The highest BCUT2D eigenvalue weighted by molar-refractivity contribution is 6.46. The van der Waals surface area contributed by atoms with Gasteiger partial charge in [0.05, 0.1) is 24.8 Å². The largest absolute Gasteiger partial charge is 0.507 e. The summed E-state index contributed by atoms with van der Waals surface area (Å²) in [5, 5.41) is 11.7. The van der Waals surface area contributed by atoms with Gasteiger partial charge in [-0.05, 0) is 82.4 Å². The van der Waals surface area contributed by atoms with Gasteiger partial charge in [0, 0.05) is 17.1 Å². The second-order valence-electron chi connectivity index (χ2n) is 8.64. The van der Waals surface area contributed by atoms with E-state index < -0.39 is 17.7 Å². The van der Waals surface area contributed by atoms with Crippen LogP contribution in [0.5, 0.6) is 11.5 Å². The van der Waals surface area contributed by atoms with E-state index in [-0.39, 0.29) is 11.3 Å². The van der Waals surface area contributed by atoms with Crippen LogP contribution in [-0.2, 0) is 9.59 Å². The molecule has 0 aliphatic carbocycles. The SMILES string of the molecule is CCCOc1ccc(C2/C(=C(\O)c3ccc(Cl)cc3)C(=O)C(=O)N2CCCN(C)C)cc1OCC. The fourth-order valence-corrected chi connectivity index (χ4v) is 4.20. The van der Waals surface area contributed by atoms with Crippen molar-refractivity contribution in [3.8, 4) is 11.5 Å². The van der Waals surface area contributed by atoms with Gasteiger partial charge >= 0.3 is 0 Å². The van der Waals surface area contributed by atoms with Gasteiger partial charge in [-0.1, -0.05) is 24.6 Å². The van der Waals surface area contributed by atoms with Crippen molar-refractivity contribution in [3.05, 3.63) is 64.2 Å². The van der Waals surface area contributed by atoms with Gasteiger partial charge in [0.2, 0.25) is 0 Å². The lowest BCUT2D eigenvalue weighted by Crippen LogP contribution is -2.32. The van der Waals surface area contributed by atoms with Crippen molar-refractivity contribution < 1.29 is 24.2 Å². The zero-order valence-electron chi connectivity index (χ0n) is 20.7. The van der Waals surface area contributed by atoms with E-state index in [0.717, 1.165) is 13.0 Å². The average molecular weight is 501 g/mol. The predicted molar refractivity (Wildman–Crippen MR) is 137 cm³/mol. The molecule has 2 aromatic rings. The van der Waals surface area contributed by atoms with Crippen LogP contribution in [0.1, 0.15) is 43.9 Å². The van der Waals surface area contributed by atoms with Gasteiger partial charge in [-0.15, -0.1) is 0 Å². The molecule has 0 bridgehead atoms. The molecule has 1 aliphatic heterocycles. The number of likely N-dealkylation sites (tertiary alicyclic amines) is 1. The van der Waals surface area contributed by atoms with Crippen molar-refractivity contribution in [2.75, 3.05) is 40.4 Å². The van der Waals surface area contributed by atoms with Crippen LogP contribution >= 0.6 is 11.6 Å². The minimum atomic E-state index is -0.757. The van der Waals surface area contributed by atoms with E-state index in [1.54, 1.807) is 36.4 Å². The Kier molecular flexibility index (Phi) is 9.18. The summed E-state index contributed by atoms with van der Waals surface area (Å²) in [6.45, 7) is 5.99. The highest BCUT2D eigenvalue weighted by Gasteiger charge is 2.46. The molecule has 8 heteroatoms. The first-order valence-electron chi connectivity index (χ1n) is 11.9. The van der Waals surface area contributed by atoms with Gasteiger partial charge < -0.3 is 24.4 Å². The third-order valence-electron chi connectivity index (χ3n) is 5.71. The molecule has 1 amide bonds. The quantitative estimate of drug-likeness (QED) is 0.268. The Labute approximate surface area is 211 Å². The number of aliphatic hydroxyl groups is 1. The number of amides is 1. The molecule has 7 nitrogen and oxygen atoms in total. The molecule has 1 N–H and O–H groups in total. The predicted octanol–water partition coefficient (Wildman–Crippen LogP) is 4.90. The van der Waals surface area contributed by atoms with Crippen molar-refractivity contribution in [1.29, 1.82) is 0 Å². The Hall–Kier alpha value is -3.03. The lowest BCUT2D eigenvalue weighted by molar-refractivity contribution is -0.139. The topological polar surface area (TPSA) is 79.3 Å². The van der Waals surface area contributed by atoms with Crippen LogP contribution in [0.4, 0.5) is 0 Å². The zero-order valence-corrected chi connectivity index (χ0v) is 21.5. The van der Waals surface area contributed by atoms with Crippen LogP contribution in [0.2, 0.25) is 5.02 Å². The zero-order chi connectivity index (χ0) is 25.5. The average Bonchev–Trinajstić information content (AvgIpc) is 3.08. The molecule has 1 unspecified atom stereocenters. The van der Waals surface area contributed by atoms with Crippen molar-refractivity contribution in [1.82, 2.24) is 9.80 Å². The molecule has 0 aromatic heterocycles. The molecule has 35 heavy (non-hydrogen) atoms. The number of halogens is 1. The van der Waals surface area contributed by atoms with Crippen molar-refractivity contribution in [2.45, 2.75) is 32.7 Å². The summed E-state index contributed by atoms with van der Waals surface area (Å²) >= 11 is 6.00. The molecule has 1 fully saturated rings. The number of nitrogens with zero attached hydrogens (tertiary/aromatic N) is 2. The lowest BCUT2D eigenvalue weighted by Gasteiger charge is -2.26. The van der Waals surface area contributed by atoms with E-state index in [2.05, 4.69) is 0 Å². The summed E-state index contributed by atoms with van der Waals surface area (Å²) in [6.07, 6.45) is 1.52. The Morgan fingerprint density at radius 2 is 1.77 bits per heavy atom. The third kappa shape index (κ3) is 6.16. The van der Waals surface area contributed by atoms with Crippen molar-refractivity contribution in [3.63, 3.8) is 0 Å². The van der Waals surface area contributed by atoms with Gasteiger partial charge in [-0.25, -0.2) is 0 Å². The number of rotatable bonds is 11. The van der Waals surface area contributed by atoms with Crippen LogP contribution in [-0.4, -0.2) is 67.0 Å². The molecule has 1 atom stereocenters. The Morgan fingerprint density at radius 3 is 2.40 bits per heavy atom. The number of carbonyl (C=O) groups is 2. The van der Waals surface area contributed by atoms with Crippen LogP contribution in [0.25, 0.3) is 5.76 Å². The smallest absolute Gasteiger partial charge is 0.295 e. The molecule has 188 valence electrons. The van der Waals surface area contributed by atoms with E-state index in [1.165, 1.54) is 4.90 Å². The maximum Gasteiger partial charge on any atom is 0.295 e. The van der Waals surface area contributed by atoms with Crippen LogP contribution in [0.15, 0.2) is 48.0 Å². The molecular weight excluding hydrogens is 468 g/mol. The Balaban J connectivity index is 2.12. The molecular formula is C27H33ClN2O5. The van der Waals surface area contributed by atoms with Crippen molar-refractivity contribution in [2.24, 2.45) is 0 Å². The molecule has 0 spiro atoms. The summed E-state index contributed by atoms with van der Waals surface area (Å²) in [5.41, 5.74) is 1.13. The van der Waals surface area contributed by atoms with Crippen molar-refractivity contribution >= 4 is 29.1 Å². The standard InChI is InChI=1S/C27H33ClN2O5/c1-5-16-35-21-13-10-19(17-22(21)34-6-2)24-23(25(31)18-8-11-20(28)12-9-18)26(32)27(33)30(24)15-7-14-29(3)4/h8-13,17,24,31H,5-7,14-16H2,1-4H3/b25-23+. The highest BCUT2D eigenvalue weighted by Crippen LogP contribution is 2.42. The maximum atomic E-state index is 13.2. The molecule has 2 aromatic carbocycles. The van der Waals surface area contributed by atoms with E-state index in [0.29, 0.717) is 53.8 Å². The summed E-state index contributed by atoms with van der Waals surface area (Å²) in [5.74, 6) is -0.446. The maximum absolute atomic E-state index is 13.2. The molecule has 1 heterocycles. The number of hydrogen-bond donors (Lipinski definition) is 1. The van der Waals surface area contributed by atoms with Gasteiger partial charge in [0.25, 0.3) is 11.7 Å². The van der Waals surface area contributed by atoms with E-state index in [1.807, 2.05) is 38.9 Å². The Bertz CT molecular complexity index is 1080. The van der Waals surface area contributed by atoms with E-state index in [9.17, 15) is 14.7 Å². The number of aliphatic hydroxyl groups excluding tert-OH is 1. The number of ketones is 1. The first kappa shape index (κ1) is 26.6. The summed E-state index contributed by atoms with van der Waals surface area (Å²) in [7, 11) is 3.91. The second-order valence-corrected chi connectivity index (χ2v) is 9.08. The third-order valence-corrected chi connectivity index (χ3v) is 5.96. The van der Waals surface area contributed by atoms with Gasteiger partial charge in [-0.3, -0.25) is 9.59 Å². The summed E-state index contributed by atoms with van der Waals surface area (Å²) < 4.78 is 11.6. The molecule has 1 aliphatic rings. The highest BCUT2D eigenvalue weighted by atomic mass is 35.5. The number of Topliss-reactive ketones (excluding diaryl/α,β-unsaturated/α-hetero) is 1. The molecule has 0 saturated carbocycles. The normalized spacial score (nSPS) is 17.3. The van der Waals surface area contributed by atoms with Gasteiger partial charge in [-0.2, -0.15) is 0 Å². The minimum absolute atomic E-state index is 0.0480. The lowest BCUT2D eigenvalue weighted by atomic mass is 9.95. The molecule has 0 radical (unpaired) electrons. The number of carbonyl (C=O) groups excluding carboxylic acids is 2. The molecule has 3 rings (SSSR count).